The zero-order valence-corrected chi connectivity index (χ0v) is 24.7. The number of anilines is 1. The highest BCUT2D eigenvalue weighted by Crippen LogP contribution is 2.55. The molecule has 0 saturated carbocycles. The Bertz CT molecular complexity index is 1480. The molecule has 0 N–H and O–H groups in total. The minimum absolute atomic E-state index is 0.0880. The van der Waals surface area contributed by atoms with Crippen LogP contribution in [0.4, 0.5) is 10.5 Å². The van der Waals surface area contributed by atoms with Crippen LogP contribution in [-0.4, -0.2) is 67.7 Å². The van der Waals surface area contributed by atoms with Gasteiger partial charge in [-0.2, -0.15) is 5.10 Å². The number of carbonyl (C=O) groups excluding carboxylic acids is 5. The first-order valence-electron chi connectivity index (χ1n) is 12.5. The fourth-order valence-electron chi connectivity index (χ4n) is 5.35. The van der Waals surface area contributed by atoms with Gasteiger partial charge in [-0.3, -0.25) is 24.1 Å². The molecule has 0 radical (unpaired) electrons. The third-order valence-corrected chi connectivity index (χ3v) is 7.45. The molecule has 2 aliphatic heterocycles. The number of carbonyl (C=O) groups is 5. The number of fused-ring (bicyclic) bond motifs is 2. The van der Waals surface area contributed by atoms with E-state index in [0.717, 1.165) is 14.5 Å². The van der Waals surface area contributed by atoms with E-state index in [1.54, 1.807) is 47.6 Å². The number of ether oxygens (including phenoxy) is 2. The standard InChI is InChI=1S/C27H29ClN4O7S/c1-8-38-22(35)19-20(21(34)32-14(3)11-13(2)29-32)31(25(37)39-26(5,6)7)24(40)27(19)17-10-9-16(28)12-18(17)30(15(4)33)23(27)36/h9-12,19-20H,8H2,1-7H3/t19-,20-,27-/m0/s1. The number of aromatic nitrogens is 2. The fourth-order valence-corrected chi connectivity index (χ4v) is 6.03. The number of esters is 1. The molecule has 1 saturated heterocycles. The summed E-state index contributed by atoms with van der Waals surface area (Å²) in [6.07, 6.45) is -1.05. The van der Waals surface area contributed by atoms with Crippen LogP contribution in [0.1, 0.15) is 56.4 Å². The highest BCUT2D eigenvalue weighted by atomic mass is 35.5. The molecule has 4 rings (SSSR count). The third kappa shape index (κ3) is 4.39. The number of imide groups is 1. The van der Waals surface area contributed by atoms with Gasteiger partial charge in [-0.15, -0.1) is 0 Å². The van der Waals surface area contributed by atoms with Gasteiger partial charge in [0.15, 0.2) is 0 Å². The Morgan fingerprint density at radius 3 is 2.33 bits per heavy atom. The summed E-state index contributed by atoms with van der Waals surface area (Å²) >= 11 is 12.0. The Balaban J connectivity index is 2.08. The van der Waals surface area contributed by atoms with Crippen LogP contribution < -0.4 is 4.90 Å². The number of halogens is 1. The quantitative estimate of drug-likeness (QED) is 0.389. The Labute approximate surface area is 241 Å². The maximum Gasteiger partial charge on any atom is 0.416 e. The van der Waals surface area contributed by atoms with Gasteiger partial charge < -0.3 is 9.47 Å². The number of nitrogens with zero attached hydrogens (tertiary/aromatic N) is 4. The lowest BCUT2D eigenvalue weighted by molar-refractivity contribution is -0.152. The van der Waals surface area contributed by atoms with E-state index in [9.17, 15) is 24.0 Å². The van der Waals surface area contributed by atoms with Gasteiger partial charge in [-0.05, 0) is 65.3 Å². The predicted molar refractivity (Wildman–Crippen MR) is 148 cm³/mol. The van der Waals surface area contributed by atoms with Crippen molar-refractivity contribution >= 4 is 64.3 Å². The van der Waals surface area contributed by atoms with Crippen molar-refractivity contribution in [3.05, 3.63) is 46.2 Å². The summed E-state index contributed by atoms with van der Waals surface area (Å²) in [5, 5.41) is 4.46. The zero-order valence-electron chi connectivity index (χ0n) is 23.1. The summed E-state index contributed by atoms with van der Waals surface area (Å²) in [5.41, 5.74) is -2.00. The molecule has 0 unspecified atom stereocenters. The van der Waals surface area contributed by atoms with Crippen molar-refractivity contribution in [1.29, 1.82) is 0 Å². The van der Waals surface area contributed by atoms with Crippen molar-refractivity contribution in [2.75, 3.05) is 11.5 Å². The Kier molecular flexibility index (Phi) is 7.39. The average molecular weight is 589 g/mol. The first kappa shape index (κ1) is 29.3. The van der Waals surface area contributed by atoms with Crippen LogP contribution in [-0.2, 0) is 29.3 Å². The summed E-state index contributed by atoms with van der Waals surface area (Å²) in [6.45, 7) is 10.8. The molecule has 1 aromatic carbocycles. The van der Waals surface area contributed by atoms with Crippen LogP contribution in [0.25, 0.3) is 0 Å². The Morgan fingerprint density at radius 2 is 1.80 bits per heavy atom. The molecular formula is C27H29ClN4O7S. The molecule has 1 spiro atoms. The van der Waals surface area contributed by atoms with Crippen LogP contribution >= 0.6 is 23.8 Å². The number of amides is 3. The SMILES string of the molecule is CCOC(=O)[C@@H]1[C@@H](C(=O)n2nc(C)cc2C)N(C(=O)OC(C)(C)C)C(=S)[C@]12C(=O)N(C(C)=O)c1cc(Cl)ccc12. The van der Waals surface area contributed by atoms with E-state index in [4.69, 9.17) is 33.3 Å². The summed E-state index contributed by atoms with van der Waals surface area (Å²) in [4.78, 5) is 70.2. The monoisotopic (exact) mass is 588 g/mol. The average Bonchev–Trinajstić information content (AvgIpc) is 3.40. The highest BCUT2D eigenvalue weighted by molar-refractivity contribution is 7.80. The van der Waals surface area contributed by atoms with Gasteiger partial charge in [0, 0.05) is 17.6 Å². The Hall–Kier alpha value is -3.64. The molecule has 11 nitrogen and oxygen atoms in total. The van der Waals surface area contributed by atoms with Crippen LogP contribution in [0.15, 0.2) is 24.3 Å². The van der Waals surface area contributed by atoms with Gasteiger partial charge in [0.05, 0.1) is 18.0 Å². The molecule has 40 heavy (non-hydrogen) atoms. The maximum atomic E-state index is 14.4. The van der Waals surface area contributed by atoms with Gasteiger partial charge in [0.25, 0.3) is 11.8 Å². The number of rotatable bonds is 3. The van der Waals surface area contributed by atoms with Crippen molar-refractivity contribution in [1.82, 2.24) is 14.7 Å². The lowest BCUT2D eigenvalue weighted by atomic mass is 9.70. The van der Waals surface area contributed by atoms with Crippen molar-refractivity contribution in [2.24, 2.45) is 5.92 Å². The largest absolute Gasteiger partial charge is 0.466 e. The minimum atomic E-state index is -2.14. The van der Waals surface area contributed by atoms with Crippen LogP contribution in [0.5, 0.6) is 0 Å². The molecule has 1 aromatic heterocycles. The molecule has 2 aliphatic rings. The van der Waals surface area contributed by atoms with Gasteiger partial charge in [-0.25, -0.2) is 14.4 Å². The third-order valence-electron chi connectivity index (χ3n) is 6.70. The number of likely N-dealkylation sites (tertiary alicyclic amines) is 1. The van der Waals surface area contributed by atoms with Crippen LogP contribution in [0, 0.1) is 19.8 Å². The summed E-state index contributed by atoms with van der Waals surface area (Å²) < 4.78 is 12.0. The predicted octanol–water partition coefficient (Wildman–Crippen LogP) is 3.75. The molecule has 2 aromatic rings. The number of hydrogen-bond donors (Lipinski definition) is 0. The van der Waals surface area contributed by atoms with Gasteiger partial charge in [-0.1, -0.05) is 29.9 Å². The second kappa shape index (κ2) is 10.1. The van der Waals surface area contributed by atoms with E-state index < -0.39 is 52.8 Å². The van der Waals surface area contributed by atoms with E-state index >= 15 is 0 Å². The molecule has 3 atom stereocenters. The molecule has 0 bridgehead atoms. The minimum Gasteiger partial charge on any atom is -0.466 e. The fraction of sp³-hybridized carbons (Fsp3) is 0.444. The van der Waals surface area contributed by atoms with E-state index in [0.29, 0.717) is 11.4 Å². The summed E-state index contributed by atoms with van der Waals surface area (Å²) in [6, 6.07) is 4.27. The highest BCUT2D eigenvalue weighted by Gasteiger charge is 2.73. The molecular weight excluding hydrogens is 560 g/mol. The lowest BCUT2D eigenvalue weighted by Gasteiger charge is -2.28. The topological polar surface area (TPSA) is 128 Å². The van der Waals surface area contributed by atoms with Crippen LogP contribution in [0.2, 0.25) is 5.02 Å². The van der Waals surface area contributed by atoms with E-state index in [2.05, 4.69) is 5.10 Å². The van der Waals surface area contributed by atoms with Crippen molar-refractivity contribution in [2.45, 2.75) is 65.5 Å². The lowest BCUT2D eigenvalue weighted by Crippen LogP contribution is -2.53. The van der Waals surface area contributed by atoms with E-state index in [-0.39, 0.29) is 27.9 Å². The first-order chi connectivity index (χ1) is 18.6. The molecule has 13 heteroatoms. The summed E-state index contributed by atoms with van der Waals surface area (Å²) in [5.74, 6) is -5.03. The first-order valence-corrected chi connectivity index (χ1v) is 13.3. The number of aryl methyl sites for hydroxylation is 2. The smallest absolute Gasteiger partial charge is 0.416 e. The summed E-state index contributed by atoms with van der Waals surface area (Å²) in [7, 11) is 0. The van der Waals surface area contributed by atoms with Crippen LogP contribution in [0.3, 0.4) is 0 Å². The van der Waals surface area contributed by atoms with E-state index in [1.807, 2.05) is 0 Å². The molecule has 212 valence electrons. The molecule has 1 fully saturated rings. The molecule has 3 amide bonds. The number of hydrogen-bond acceptors (Lipinski definition) is 9. The number of thiocarbonyl (C=S) groups is 1. The van der Waals surface area contributed by atoms with Gasteiger partial charge >= 0.3 is 12.1 Å². The number of benzene rings is 1. The second-order valence-electron chi connectivity index (χ2n) is 10.6. The zero-order chi connectivity index (χ0) is 29.9. The maximum absolute atomic E-state index is 14.4. The Morgan fingerprint density at radius 1 is 1.15 bits per heavy atom. The van der Waals surface area contributed by atoms with Crippen molar-refractivity contribution in [3.63, 3.8) is 0 Å². The van der Waals surface area contributed by atoms with E-state index in [1.165, 1.54) is 25.1 Å². The normalized spacial score (nSPS) is 22.1. The van der Waals surface area contributed by atoms with Gasteiger partial charge in [0.1, 0.15) is 28.0 Å². The van der Waals surface area contributed by atoms with Gasteiger partial charge in [0.2, 0.25) is 5.91 Å². The second-order valence-corrected chi connectivity index (χ2v) is 11.5. The molecule has 0 aliphatic carbocycles. The molecule has 3 heterocycles. The van der Waals surface area contributed by atoms with Crippen molar-refractivity contribution in [3.8, 4) is 0 Å². The van der Waals surface area contributed by atoms with Crippen molar-refractivity contribution < 1.29 is 33.4 Å².